The first kappa shape index (κ1) is 19.1. The molecular weight excluding hydrogens is 356 g/mol. The van der Waals surface area contributed by atoms with Crippen molar-refractivity contribution in [2.24, 2.45) is 0 Å². The minimum Gasteiger partial charge on any atom is -0.455 e. The molecule has 28 heavy (non-hydrogen) atoms. The van der Waals surface area contributed by atoms with Crippen molar-refractivity contribution in [2.75, 3.05) is 6.61 Å². The highest BCUT2D eigenvalue weighted by Crippen LogP contribution is 2.16. The van der Waals surface area contributed by atoms with Crippen LogP contribution in [0.2, 0.25) is 0 Å². The molecule has 0 fully saturated rings. The molecule has 0 aromatic heterocycles. The van der Waals surface area contributed by atoms with Crippen LogP contribution in [-0.2, 0) is 27.3 Å². The molecule has 0 aliphatic carbocycles. The van der Waals surface area contributed by atoms with Gasteiger partial charge in [-0.1, -0.05) is 72.8 Å². The number of hydrogen-bond acceptors (Lipinski definition) is 4. The van der Waals surface area contributed by atoms with Crippen molar-refractivity contribution in [3.63, 3.8) is 0 Å². The Balaban J connectivity index is 1.40. The van der Waals surface area contributed by atoms with Crippen molar-refractivity contribution >= 4 is 28.7 Å². The van der Waals surface area contributed by atoms with Gasteiger partial charge < -0.3 is 10.1 Å². The van der Waals surface area contributed by atoms with E-state index in [-0.39, 0.29) is 6.42 Å². The fourth-order valence-electron chi connectivity index (χ4n) is 2.70. The van der Waals surface area contributed by atoms with E-state index < -0.39 is 24.5 Å². The molecule has 0 heterocycles. The molecule has 0 radical (unpaired) electrons. The average Bonchev–Trinajstić information content (AvgIpc) is 2.71. The molecule has 6 nitrogen and oxygen atoms in total. The van der Waals surface area contributed by atoms with Crippen LogP contribution in [0, 0.1) is 0 Å². The maximum absolute atomic E-state index is 11.9. The number of carbonyl (C=O) groups is 3. The fraction of sp³-hybridized carbons (Fsp3) is 0.136. The minimum absolute atomic E-state index is 0.0539. The van der Waals surface area contributed by atoms with Gasteiger partial charge in [0.15, 0.2) is 6.61 Å². The van der Waals surface area contributed by atoms with Gasteiger partial charge in [-0.2, -0.15) is 0 Å². The summed E-state index contributed by atoms with van der Waals surface area (Å²) in [6.07, 6.45) is 0.0539. The van der Waals surface area contributed by atoms with Gasteiger partial charge in [0, 0.05) is 6.54 Å². The topological polar surface area (TPSA) is 84.5 Å². The summed E-state index contributed by atoms with van der Waals surface area (Å²) in [5.41, 5.74) is 1.71. The lowest BCUT2D eigenvalue weighted by atomic mass is 10.1. The molecule has 3 amide bonds. The van der Waals surface area contributed by atoms with E-state index in [1.165, 1.54) is 0 Å². The molecular formula is C22H20N2O4. The third-order valence-corrected chi connectivity index (χ3v) is 4.08. The summed E-state index contributed by atoms with van der Waals surface area (Å²) in [7, 11) is 0. The molecule has 0 saturated carbocycles. The number of fused-ring (bicyclic) bond motifs is 1. The first-order valence-corrected chi connectivity index (χ1v) is 8.85. The number of benzene rings is 3. The van der Waals surface area contributed by atoms with Gasteiger partial charge in [0.1, 0.15) is 0 Å². The number of hydrogen-bond donors (Lipinski definition) is 2. The maximum Gasteiger partial charge on any atom is 0.321 e. The molecule has 0 atom stereocenters. The first-order valence-electron chi connectivity index (χ1n) is 8.85. The summed E-state index contributed by atoms with van der Waals surface area (Å²) < 4.78 is 4.95. The van der Waals surface area contributed by atoms with Gasteiger partial charge in [0.05, 0.1) is 6.42 Å². The van der Waals surface area contributed by atoms with E-state index in [9.17, 15) is 14.4 Å². The van der Waals surface area contributed by atoms with E-state index in [0.29, 0.717) is 6.54 Å². The van der Waals surface area contributed by atoms with Crippen LogP contribution < -0.4 is 10.6 Å². The third kappa shape index (κ3) is 5.67. The second kappa shape index (κ2) is 9.32. The number of urea groups is 1. The summed E-state index contributed by atoms with van der Waals surface area (Å²) in [5.74, 6) is -1.22. The van der Waals surface area contributed by atoms with E-state index in [1.807, 2.05) is 72.8 Å². The molecule has 2 N–H and O–H groups in total. The van der Waals surface area contributed by atoms with E-state index in [1.54, 1.807) is 0 Å². The SMILES string of the molecule is O=C(COC(=O)Cc1ccc2ccccc2c1)NC(=O)NCc1ccccc1. The van der Waals surface area contributed by atoms with Crippen LogP contribution in [0.3, 0.4) is 0 Å². The standard InChI is InChI=1S/C22H20N2O4/c25-20(24-22(27)23-14-16-6-2-1-3-7-16)15-28-21(26)13-17-10-11-18-8-4-5-9-19(18)12-17/h1-12H,13-15H2,(H2,23,24,25,27). The molecule has 0 bridgehead atoms. The lowest BCUT2D eigenvalue weighted by molar-refractivity contribution is -0.147. The van der Waals surface area contributed by atoms with Gasteiger partial charge in [-0.3, -0.25) is 14.9 Å². The van der Waals surface area contributed by atoms with Gasteiger partial charge in [-0.25, -0.2) is 4.79 Å². The summed E-state index contributed by atoms with van der Waals surface area (Å²) in [6.45, 7) is -0.215. The Bertz CT molecular complexity index is 986. The Kier molecular flexibility index (Phi) is 6.36. The van der Waals surface area contributed by atoms with E-state index in [0.717, 1.165) is 21.9 Å². The molecule has 3 aromatic rings. The zero-order valence-electron chi connectivity index (χ0n) is 15.2. The van der Waals surface area contributed by atoms with Gasteiger partial charge in [0.25, 0.3) is 5.91 Å². The number of amides is 3. The van der Waals surface area contributed by atoms with Crippen LogP contribution in [-0.4, -0.2) is 24.5 Å². The number of imide groups is 1. The van der Waals surface area contributed by atoms with Crippen molar-refractivity contribution in [3.8, 4) is 0 Å². The lowest BCUT2D eigenvalue weighted by Gasteiger charge is -2.08. The second-order valence-electron chi connectivity index (χ2n) is 6.24. The zero-order valence-corrected chi connectivity index (χ0v) is 15.2. The maximum atomic E-state index is 11.9. The van der Waals surface area contributed by atoms with Crippen LogP contribution in [0.15, 0.2) is 72.8 Å². The van der Waals surface area contributed by atoms with E-state index in [2.05, 4.69) is 10.6 Å². The molecule has 0 spiro atoms. The minimum atomic E-state index is -0.683. The summed E-state index contributed by atoms with van der Waals surface area (Å²) in [6, 6.07) is 22.2. The van der Waals surface area contributed by atoms with Gasteiger partial charge in [-0.15, -0.1) is 0 Å². The van der Waals surface area contributed by atoms with E-state index >= 15 is 0 Å². The van der Waals surface area contributed by atoms with Gasteiger partial charge >= 0.3 is 12.0 Å². The number of rotatable bonds is 6. The van der Waals surface area contributed by atoms with Crippen molar-refractivity contribution in [3.05, 3.63) is 83.9 Å². The van der Waals surface area contributed by atoms with Crippen LogP contribution in [0.1, 0.15) is 11.1 Å². The second-order valence-corrected chi connectivity index (χ2v) is 6.24. The Hall–Kier alpha value is -3.67. The molecule has 142 valence electrons. The fourth-order valence-corrected chi connectivity index (χ4v) is 2.70. The Morgan fingerprint density at radius 3 is 2.29 bits per heavy atom. The van der Waals surface area contributed by atoms with Gasteiger partial charge in [0.2, 0.25) is 0 Å². The Morgan fingerprint density at radius 1 is 0.786 bits per heavy atom. The smallest absolute Gasteiger partial charge is 0.321 e. The highest BCUT2D eigenvalue weighted by molar-refractivity contribution is 5.95. The van der Waals surface area contributed by atoms with Crippen LogP contribution in [0.5, 0.6) is 0 Å². The first-order chi connectivity index (χ1) is 13.6. The van der Waals surface area contributed by atoms with Crippen molar-refractivity contribution in [1.82, 2.24) is 10.6 Å². The summed E-state index contributed by atoms with van der Waals surface area (Å²) in [5, 5.41) is 6.80. The molecule has 3 rings (SSSR count). The van der Waals surface area contributed by atoms with Crippen LogP contribution in [0.4, 0.5) is 4.79 Å². The highest BCUT2D eigenvalue weighted by atomic mass is 16.5. The predicted molar refractivity (Wildman–Crippen MR) is 105 cm³/mol. The molecule has 3 aromatic carbocycles. The van der Waals surface area contributed by atoms with Gasteiger partial charge in [-0.05, 0) is 21.9 Å². The predicted octanol–water partition coefficient (Wildman–Crippen LogP) is 2.95. The summed E-state index contributed by atoms with van der Waals surface area (Å²) >= 11 is 0. The highest BCUT2D eigenvalue weighted by Gasteiger charge is 2.11. The Labute approximate surface area is 162 Å². The average molecular weight is 376 g/mol. The third-order valence-electron chi connectivity index (χ3n) is 4.08. The van der Waals surface area contributed by atoms with Crippen molar-refractivity contribution in [1.29, 1.82) is 0 Å². The van der Waals surface area contributed by atoms with Crippen LogP contribution >= 0.6 is 0 Å². The molecule has 0 aliphatic heterocycles. The van der Waals surface area contributed by atoms with Crippen molar-refractivity contribution < 1.29 is 19.1 Å². The van der Waals surface area contributed by atoms with Crippen molar-refractivity contribution in [2.45, 2.75) is 13.0 Å². The molecule has 0 unspecified atom stereocenters. The van der Waals surface area contributed by atoms with E-state index in [4.69, 9.17) is 4.74 Å². The number of ether oxygens (including phenoxy) is 1. The normalized spacial score (nSPS) is 10.3. The largest absolute Gasteiger partial charge is 0.455 e. The summed E-state index contributed by atoms with van der Waals surface area (Å²) in [4.78, 5) is 35.4. The number of esters is 1. The zero-order chi connectivity index (χ0) is 19.8. The molecule has 6 heteroatoms. The molecule has 0 aliphatic rings. The number of carbonyl (C=O) groups excluding carboxylic acids is 3. The monoisotopic (exact) mass is 376 g/mol. The molecule has 0 saturated heterocycles. The quantitative estimate of drug-likeness (QED) is 0.648. The Morgan fingerprint density at radius 2 is 1.50 bits per heavy atom. The number of nitrogens with one attached hydrogen (secondary N) is 2. The lowest BCUT2D eigenvalue weighted by Crippen LogP contribution is -2.41. The van der Waals surface area contributed by atoms with Crippen LogP contribution in [0.25, 0.3) is 10.8 Å².